The smallest absolute Gasteiger partial charge is 0.255 e. The lowest BCUT2D eigenvalue weighted by molar-refractivity contribution is 0.102. The van der Waals surface area contributed by atoms with Gasteiger partial charge in [0.25, 0.3) is 5.91 Å². The van der Waals surface area contributed by atoms with Gasteiger partial charge in [-0.3, -0.25) is 20.4 Å². The summed E-state index contributed by atoms with van der Waals surface area (Å²) in [6, 6.07) is 20.6. The number of rotatable bonds is 6. The first-order chi connectivity index (χ1) is 15.1. The Labute approximate surface area is 182 Å². The number of hydrogen-bond acceptors (Lipinski definition) is 5. The summed E-state index contributed by atoms with van der Waals surface area (Å²) in [6.45, 7) is 2.97. The van der Waals surface area contributed by atoms with Gasteiger partial charge in [0.1, 0.15) is 11.4 Å². The van der Waals surface area contributed by atoms with Gasteiger partial charge in [-0.1, -0.05) is 42.8 Å². The van der Waals surface area contributed by atoms with Crippen molar-refractivity contribution >= 4 is 17.3 Å². The van der Waals surface area contributed by atoms with Crippen molar-refractivity contribution in [2.45, 2.75) is 25.8 Å². The number of nitrogens with zero attached hydrogens (tertiary/aromatic N) is 1. The molecule has 0 aromatic heterocycles. The highest BCUT2D eigenvalue weighted by Crippen LogP contribution is 2.29. The van der Waals surface area contributed by atoms with Crippen molar-refractivity contribution in [2.75, 3.05) is 23.9 Å². The van der Waals surface area contributed by atoms with Crippen LogP contribution in [0.2, 0.25) is 0 Å². The molecule has 1 fully saturated rings. The Kier molecular flexibility index (Phi) is 6.50. The number of benzene rings is 3. The van der Waals surface area contributed by atoms with Crippen molar-refractivity contribution in [3.05, 3.63) is 77.9 Å². The first-order valence-corrected chi connectivity index (χ1v) is 10.6. The minimum Gasteiger partial charge on any atom is -0.506 e. The number of piperidine rings is 1. The van der Waals surface area contributed by atoms with Crippen LogP contribution in [0.5, 0.6) is 5.75 Å². The lowest BCUT2D eigenvalue weighted by atomic mass is 9.96. The molecule has 3 aromatic carbocycles. The van der Waals surface area contributed by atoms with Crippen LogP contribution in [0.3, 0.4) is 0 Å². The maximum absolute atomic E-state index is 12.9. The monoisotopic (exact) mass is 417 g/mol. The molecular formula is C25H27N3O3. The second kappa shape index (κ2) is 9.64. The molecule has 4 N–H and O–H groups in total. The molecule has 0 atom stereocenters. The normalized spacial score (nSPS) is 14.2. The number of aromatic hydroxyl groups is 1. The van der Waals surface area contributed by atoms with Gasteiger partial charge >= 0.3 is 0 Å². The molecule has 0 spiro atoms. The van der Waals surface area contributed by atoms with Crippen molar-refractivity contribution < 1.29 is 15.1 Å². The molecule has 1 heterocycles. The maximum Gasteiger partial charge on any atom is 0.255 e. The number of hydrogen-bond donors (Lipinski definition) is 4. The summed E-state index contributed by atoms with van der Waals surface area (Å²) in [5.74, 6) is -0.394. The molecule has 3 aromatic rings. The van der Waals surface area contributed by atoms with Crippen molar-refractivity contribution in [3.63, 3.8) is 0 Å². The minimum atomic E-state index is -0.247. The fraction of sp³-hybridized carbons (Fsp3) is 0.240. The number of phenols is 1. The van der Waals surface area contributed by atoms with Crippen molar-refractivity contribution in [2.24, 2.45) is 0 Å². The Morgan fingerprint density at radius 1 is 0.935 bits per heavy atom. The van der Waals surface area contributed by atoms with E-state index in [0.717, 1.165) is 36.3 Å². The summed E-state index contributed by atoms with van der Waals surface area (Å²) in [6.07, 6.45) is 3.70. The van der Waals surface area contributed by atoms with Gasteiger partial charge in [-0.2, -0.15) is 0 Å². The predicted octanol–water partition coefficient (Wildman–Crippen LogP) is 5.10. The van der Waals surface area contributed by atoms with Crippen LogP contribution in [0.15, 0.2) is 66.7 Å². The molecule has 4 rings (SSSR count). The fourth-order valence-electron chi connectivity index (χ4n) is 4.03. The number of carbonyl (C=O) groups excluding carboxylic acids is 1. The van der Waals surface area contributed by atoms with Gasteiger partial charge < -0.3 is 10.4 Å². The van der Waals surface area contributed by atoms with E-state index >= 15 is 0 Å². The Morgan fingerprint density at radius 3 is 2.42 bits per heavy atom. The molecule has 0 aliphatic carbocycles. The summed E-state index contributed by atoms with van der Waals surface area (Å²) in [4.78, 5) is 15.4. The van der Waals surface area contributed by atoms with Crippen LogP contribution in [-0.4, -0.2) is 34.2 Å². The van der Waals surface area contributed by atoms with E-state index in [1.54, 1.807) is 6.07 Å². The van der Waals surface area contributed by atoms with Gasteiger partial charge in [0, 0.05) is 23.9 Å². The molecule has 160 valence electrons. The van der Waals surface area contributed by atoms with Crippen molar-refractivity contribution in [1.82, 2.24) is 4.90 Å². The van der Waals surface area contributed by atoms with Gasteiger partial charge in [-0.05, 0) is 66.9 Å². The summed E-state index contributed by atoms with van der Waals surface area (Å²) in [5, 5.41) is 21.7. The lowest BCUT2D eigenvalue weighted by Crippen LogP contribution is -2.29. The van der Waals surface area contributed by atoms with Crippen LogP contribution in [-0.2, 0) is 6.54 Å². The highest BCUT2D eigenvalue weighted by atomic mass is 16.5. The van der Waals surface area contributed by atoms with E-state index in [2.05, 4.69) is 22.3 Å². The lowest BCUT2D eigenvalue weighted by Gasteiger charge is -2.27. The van der Waals surface area contributed by atoms with Gasteiger partial charge in [0.2, 0.25) is 0 Å². The van der Waals surface area contributed by atoms with Crippen LogP contribution in [0.1, 0.15) is 35.2 Å². The molecule has 1 aliphatic rings. The highest BCUT2D eigenvalue weighted by Gasteiger charge is 2.16. The number of anilines is 2. The average Bonchev–Trinajstić information content (AvgIpc) is 2.80. The molecule has 6 nitrogen and oxygen atoms in total. The van der Waals surface area contributed by atoms with E-state index < -0.39 is 0 Å². The van der Waals surface area contributed by atoms with Gasteiger partial charge in [0.05, 0.1) is 0 Å². The summed E-state index contributed by atoms with van der Waals surface area (Å²) >= 11 is 0. The summed E-state index contributed by atoms with van der Waals surface area (Å²) in [7, 11) is 0. The first-order valence-electron chi connectivity index (χ1n) is 10.6. The second-order valence-corrected chi connectivity index (χ2v) is 7.87. The number of phenolic OH excluding ortho intramolecular Hbond substituents is 1. The minimum absolute atomic E-state index is 0.148. The Hall–Kier alpha value is -3.35. The molecule has 0 saturated carbocycles. The third-order valence-electron chi connectivity index (χ3n) is 5.67. The van der Waals surface area contributed by atoms with E-state index in [9.17, 15) is 9.90 Å². The van der Waals surface area contributed by atoms with Crippen LogP contribution in [0, 0.1) is 0 Å². The number of amides is 1. The third-order valence-corrected chi connectivity index (χ3v) is 5.67. The Balaban J connectivity index is 1.61. The van der Waals surface area contributed by atoms with E-state index in [-0.39, 0.29) is 17.3 Å². The Morgan fingerprint density at radius 2 is 1.71 bits per heavy atom. The molecule has 31 heavy (non-hydrogen) atoms. The van der Waals surface area contributed by atoms with Crippen LogP contribution < -0.4 is 10.8 Å². The molecule has 1 aliphatic heterocycles. The van der Waals surface area contributed by atoms with E-state index in [0.29, 0.717) is 11.3 Å². The Bertz CT molecular complexity index is 1050. The summed E-state index contributed by atoms with van der Waals surface area (Å²) < 4.78 is 0. The predicted molar refractivity (Wildman–Crippen MR) is 122 cm³/mol. The van der Waals surface area contributed by atoms with Crippen molar-refractivity contribution in [1.29, 1.82) is 0 Å². The molecule has 1 saturated heterocycles. The second-order valence-electron chi connectivity index (χ2n) is 7.87. The van der Waals surface area contributed by atoms with E-state index in [1.807, 2.05) is 41.9 Å². The molecule has 0 unspecified atom stereocenters. The quantitative estimate of drug-likeness (QED) is 0.331. The van der Waals surface area contributed by atoms with Crippen LogP contribution in [0.25, 0.3) is 11.1 Å². The molecule has 0 bridgehead atoms. The largest absolute Gasteiger partial charge is 0.506 e. The topological polar surface area (TPSA) is 84.8 Å². The number of nitrogens with one attached hydrogen (secondary N) is 2. The first kappa shape index (κ1) is 20.9. The highest BCUT2D eigenvalue weighted by molar-refractivity contribution is 6.05. The molecule has 0 radical (unpaired) electrons. The zero-order valence-electron chi connectivity index (χ0n) is 17.3. The maximum atomic E-state index is 12.9. The standard InChI is InChI=1S/C25H27N3O3/c29-24-16-21(10-12-23(24)27-31)26-25(30)19-9-11-22(18-7-3-1-4-8-18)20(15-19)17-28-13-5-2-6-14-28/h1,3-4,7-12,15-16,27,29,31H,2,5-6,13-14,17H2,(H,26,30). The SMILES string of the molecule is O=C(Nc1ccc(NO)c(O)c1)c1ccc(-c2ccccc2)c(CN2CCCCC2)c1. The molecule has 1 amide bonds. The van der Waals surface area contributed by atoms with E-state index in [4.69, 9.17) is 5.21 Å². The summed E-state index contributed by atoms with van der Waals surface area (Å²) in [5.41, 5.74) is 6.50. The third kappa shape index (κ3) is 5.05. The fourth-order valence-corrected chi connectivity index (χ4v) is 4.03. The molecule has 6 heteroatoms. The zero-order valence-corrected chi connectivity index (χ0v) is 17.3. The van der Waals surface area contributed by atoms with Crippen LogP contribution in [0.4, 0.5) is 11.4 Å². The zero-order chi connectivity index (χ0) is 21.6. The van der Waals surface area contributed by atoms with Gasteiger partial charge in [-0.15, -0.1) is 0 Å². The van der Waals surface area contributed by atoms with Gasteiger partial charge in [0.15, 0.2) is 0 Å². The number of carbonyl (C=O) groups is 1. The number of likely N-dealkylation sites (tertiary alicyclic amines) is 1. The molecular weight excluding hydrogens is 390 g/mol. The average molecular weight is 418 g/mol. The van der Waals surface area contributed by atoms with Crippen molar-refractivity contribution in [3.8, 4) is 16.9 Å². The van der Waals surface area contributed by atoms with E-state index in [1.165, 1.54) is 31.4 Å². The van der Waals surface area contributed by atoms with Crippen LogP contribution >= 0.6 is 0 Å². The van der Waals surface area contributed by atoms with Gasteiger partial charge in [-0.25, -0.2) is 0 Å².